The van der Waals surface area contributed by atoms with Gasteiger partial charge in [0.15, 0.2) is 6.10 Å². The molecule has 1 heterocycles. The fraction of sp³-hybridized carbons (Fsp3) is 0.588. The van der Waals surface area contributed by atoms with Gasteiger partial charge in [0.1, 0.15) is 0 Å². The second kappa shape index (κ2) is 7.05. The largest absolute Gasteiger partial charge is 0.367 e. The van der Waals surface area contributed by atoms with Gasteiger partial charge < -0.3 is 10.5 Å². The molecule has 0 bridgehead atoms. The van der Waals surface area contributed by atoms with E-state index in [4.69, 9.17) is 10.5 Å². The molecule has 0 aliphatic carbocycles. The Bertz CT molecular complexity index is 487. The molecule has 116 valence electrons. The first-order chi connectivity index (χ1) is 9.99. The zero-order valence-electron chi connectivity index (χ0n) is 13.2. The third kappa shape index (κ3) is 4.05. The molecule has 2 N–H and O–H groups in total. The van der Waals surface area contributed by atoms with E-state index in [1.54, 1.807) is 0 Å². The molecule has 1 aromatic rings. The predicted octanol–water partition coefficient (Wildman–Crippen LogP) is 2.10. The van der Waals surface area contributed by atoms with Gasteiger partial charge in [-0.05, 0) is 30.4 Å². The van der Waals surface area contributed by atoms with Crippen LogP contribution in [0.15, 0.2) is 24.3 Å². The van der Waals surface area contributed by atoms with Gasteiger partial charge in [-0.25, -0.2) is 0 Å². The Hall–Kier alpha value is -1.39. The molecule has 0 spiro atoms. The minimum absolute atomic E-state index is 0.0656. The number of carbonyl (C=O) groups excluding carboxylic acids is 1. The number of aryl methyl sites for hydroxylation is 1. The fourth-order valence-corrected chi connectivity index (χ4v) is 3.00. The maximum Gasteiger partial charge on any atom is 0.248 e. The van der Waals surface area contributed by atoms with Crippen LogP contribution < -0.4 is 5.73 Å². The Morgan fingerprint density at radius 2 is 2.14 bits per heavy atom. The summed E-state index contributed by atoms with van der Waals surface area (Å²) in [6.07, 6.45) is 0.421. The van der Waals surface area contributed by atoms with Gasteiger partial charge in [0.2, 0.25) is 5.91 Å². The van der Waals surface area contributed by atoms with Crippen LogP contribution in [-0.4, -0.2) is 36.1 Å². The number of nitrogens with zero attached hydrogens (tertiary/aromatic N) is 1. The molecule has 4 heteroatoms. The van der Waals surface area contributed by atoms with Crippen LogP contribution in [0.1, 0.15) is 31.4 Å². The van der Waals surface area contributed by atoms with Crippen LogP contribution >= 0.6 is 0 Å². The first kappa shape index (κ1) is 16.0. The Morgan fingerprint density at radius 3 is 2.76 bits per heavy atom. The van der Waals surface area contributed by atoms with Crippen LogP contribution in [-0.2, 0) is 16.1 Å². The summed E-state index contributed by atoms with van der Waals surface area (Å²) in [6.45, 7) is 8.71. The summed E-state index contributed by atoms with van der Waals surface area (Å²) in [6, 6.07) is 8.45. The molecule has 1 amide bonds. The maximum absolute atomic E-state index is 11.7. The molecule has 1 saturated heterocycles. The van der Waals surface area contributed by atoms with Crippen LogP contribution in [0, 0.1) is 12.8 Å². The van der Waals surface area contributed by atoms with E-state index in [-0.39, 0.29) is 11.9 Å². The highest BCUT2D eigenvalue weighted by atomic mass is 16.5. The molecule has 2 rings (SSSR count). The van der Waals surface area contributed by atoms with Crippen molar-refractivity contribution in [3.63, 3.8) is 0 Å². The molecule has 0 aromatic heterocycles. The van der Waals surface area contributed by atoms with Crippen LogP contribution in [0.25, 0.3) is 0 Å². The lowest BCUT2D eigenvalue weighted by molar-refractivity contribution is -0.143. The average molecular weight is 290 g/mol. The molecule has 1 fully saturated rings. The zero-order valence-corrected chi connectivity index (χ0v) is 13.2. The van der Waals surface area contributed by atoms with Crippen molar-refractivity contribution < 1.29 is 9.53 Å². The van der Waals surface area contributed by atoms with Gasteiger partial charge >= 0.3 is 0 Å². The summed E-state index contributed by atoms with van der Waals surface area (Å²) in [7, 11) is 0. The molecule has 1 aliphatic rings. The molecule has 2 unspecified atom stereocenters. The van der Waals surface area contributed by atoms with Crippen molar-refractivity contribution in [2.45, 2.75) is 45.9 Å². The van der Waals surface area contributed by atoms with Crippen molar-refractivity contribution in [2.24, 2.45) is 11.7 Å². The SMILES string of the molecule is Cc1ccccc1CN1CCOC(C(N)=O)C1CC(C)C. The summed E-state index contributed by atoms with van der Waals surface area (Å²) in [5, 5.41) is 0. The van der Waals surface area contributed by atoms with E-state index in [9.17, 15) is 4.79 Å². The number of morpholine rings is 1. The third-order valence-electron chi connectivity index (χ3n) is 4.12. The number of hydrogen-bond donors (Lipinski definition) is 1. The lowest BCUT2D eigenvalue weighted by Crippen LogP contribution is -2.56. The summed E-state index contributed by atoms with van der Waals surface area (Å²) in [5.41, 5.74) is 8.11. The highest BCUT2D eigenvalue weighted by Crippen LogP contribution is 2.24. The van der Waals surface area contributed by atoms with Crippen molar-refractivity contribution in [1.82, 2.24) is 4.90 Å². The molecule has 4 nitrogen and oxygen atoms in total. The molecule has 0 radical (unpaired) electrons. The smallest absolute Gasteiger partial charge is 0.248 e. The minimum Gasteiger partial charge on any atom is -0.367 e. The van der Waals surface area contributed by atoms with Crippen molar-refractivity contribution in [1.29, 1.82) is 0 Å². The van der Waals surface area contributed by atoms with E-state index >= 15 is 0 Å². The highest BCUT2D eigenvalue weighted by molar-refractivity contribution is 5.79. The van der Waals surface area contributed by atoms with Gasteiger partial charge in [-0.1, -0.05) is 38.1 Å². The molecule has 0 saturated carbocycles. The molecular formula is C17H26N2O2. The number of nitrogens with two attached hydrogens (primary N) is 1. The monoisotopic (exact) mass is 290 g/mol. The van der Waals surface area contributed by atoms with E-state index in [1.807, 2.05) is 0 Å². The van der Waals surface area contributed by atoms with Crippen molar-refractivity contribution in [2.75, 3.05) is 13.2 Å². The normalized spacial score (nSPS) is 23.4. The van der Waals surface area contributed by atoms with Gasteiger partial charge in [-0.2, -0.15) is 0 Å². The molecule has 1 aromatic carbocycles. The number of amides is 1. The number of carbonyl (C=O) groups is 1. The number of primary amides is 1. The first-order valence-corrected chi connectivity index (χ1v) is 7.68. The van der Waals surface area contributed by atoms with Gasteiger partial charge in [-0.3, -0.25) is 9.69 Å². The van der Waals surface area contributed by atoms with Crippen molar-refractivity contribution in [3.8, 4) is 0 Å². The lowest BCUT2D eigenvalue weighted by Gasteiger charge is -2.41. The summed E-state index contributed by atoms with van der Waals surface area (Å²) in [4.78, 5) is 14.0. The number of hydrogen-bond acceptors (Lipinski definition) is 3. The Morgan fingerprint density at radius 1 is 1.43 bits per heavy atom. The number of ether oxygens (including phenoxy) is 1. The van der Waals surface area contributed by atoms with Gasteiger partial charge in [0.05, 0.1) is 6.61 Å². The van der Waals surface area contributed by atoms with Crippen LogP contribution in [0.3, 0.4) is 0 Å². The fourth-order valence-electron chi connectivity index (χ4n) is 3.00. The van der Waals surface area contributed by atoms with E-state index in [0.29, 0.717) is 12.5 Å². The van der Waals surface area contributed by atoms with Crippen LogP contribution in [0.4, 0.5) is 0 Å². The van der Waals surface area contributed by atoms with Crippen molar-refractivity contribution in [3.05, 3.63) is 35.4 Å². The van der Waals surface area contributed by atoms with E-state index in [2.05, 4.69) is 49.9 Å². The highest BCUT2D eigenvalue weighted by Gasteiger charge is 2.36. The first-order valence-electron chi connectivity index (χ1n) is 7.68. The van der Waals surface area contributed by atoms with Gasteiger partial charge in [0.25, 0.3) is 0 Å². The van der Waals surface area contributed by atoms with Crippen LogP contribution in [0.2, 0.25) is 0 Å². The third-order valence-corrected chi connectivity index (χ3v) is 4.12. The van der Waals surface area contributed by atoms with Crippen molar-refractivity contribution >= 4 is 5.91 Å². The molecule has 1 aliphatic heterocycles. The Kier molecular flexibility index (Phi) is 5.37. The lowest BCUT2D eigenvalue weighted by atomic mass is 9.95. The standard InChI is InChI=1S/C17H26N2O2/c1-12(2)10-15-16(17(18)20)21-9-8-19(15)11-14-7-5-4-6-13(14)3/h4-7,12,15-16H,8-11H2,1-3H3,(H2,18,20). The number of benzene rings is 1. The molecular weight excluding hydrogens is 264 g/mol. The Balaban J connectivity index is 2.18. The molecule has 2 atom stereocenters. The zero-order chi connectivity index (χ0) is 15.4. The second-order valence-electron chi connectivity index (χ2n) is 6.29. The summed E-state index contributed by atoms with van der Waals surface area (Å²) < 4.78 is 5.63. The summed E-state index contributed by atoms with van der Waals surface area (Å²) >= 11 is 0. The van der Waals surface area contributed by atoms with Gasteiger partial charge in [0, 0.05) is 19.1 Å². The Labute approximate surface area is 127 Å². The quantitative estimate of drug-likeness (QED) is 0.903. The van der Waals surface area contributed by atoms with Crippen LogP contribution in [0.5, 0.6) is 0 Å². The summed E-state index contributed by atoms with van der Waals surface area (Å²) in [5.74, 6) is 0.146. The number of rotatable bonds is 5. The van der Waals surface area contributed by atoms with Gasteiger partial charge in [-0.15, -0.1) is 0 Å². The minimum atomic E-state index is -0.495. The second-order valence-corrected chi connectivity index (χ2v) is 6.29. The van der Waals surface area contributed by atoms with E-state index in [0.717, 1.165) is 19.5 Å². The molecule has 21 heavy (non-hydrogen) atoms. The average Bonchev–Trinajstić information content (AvgIpc) is 2.42. The van der Waals surface area contributed by atoms with E-state index in [1.165, 1.54) is 11.1 Å². The topological polar surface area (TPSA) is 55.6 Å². The predicted molar refractivity (Wildman–Crippen MR) is 83.8 cm³/mol. The maximum atomic E-state index is 11.7. The van der Waals surface area contributed by atoms with E-state index < -0.39 is 6.10 Å².